The fraction of sp³-hybridized carbons (Fsp3) is 0.250. The van der Waals surface area contributed by atoms with Gasteiger partial charge in [-0.3, -0.25) is 4.79 Å². The molecule has 0 aliphatic carbocycles. The Morgan fingerprint density at radius 1 is 1.35 bits per heavy atom. The van der Waals surface area contributed by atoms with Crippen LogP contribution in [-0.2, 0) is 0 Å². The predicted octanol–water partition coefficient (Wildman–Crippen LogP) is 2.88. The molecule has 0 atom stereocenters. The number of carbonyl (C=O) groups excluding carboxylic acids is 1. The van der Waals surface area contributed by atoms with E-state index in [0.29, 0.717) is 33.9 Å². The summed E-state index contributed by atoms with van der Waals surface area (Å²) in [6.07, 6.45) is 1.51. The maximum Gasteiger partial charge on any atom is 0.259 e. The van der Waals surface area contributed by atoms with Gasteiger partial charge in [0.2, 0.25) is 0 Å². The molecule has 0 bridgehead atoms. The first-order valence-corrected chi connectivity index (χ1v) is 7.25. The zero-order chi connectivity index (χ0) is 16.6. The molecule has 7 nitrogen and oxygen atoms in total. The number of fused-ring (bicyclic) bond motifs is 1. The second-order valence-electron chi connectivity index (χ2n) is 5.62. The monoisotopic (exact) mass is 311 g/mol. The summed E-state index contributed by atoms with van der Waals surface area (Å²) in [5.74, 6) is 0.290. The first kappa shape index (κ1) is 15.0. The second-order valence-corrected chi connectivity index (χ2v) is 5.62. The lowest BCUT2D eigenvalue weighted by Gasteiger charge is -2.09. The van der Waals surface area contributed by atoms with Crippen LogP contribution < -0.4 is 11.1 Å². The lowest BCUT2D eigenvalue weighted by atomic mass is 10.0. The molecule has 1 amide bonds. The largest absolute Gasteiger partial charge is 0.384 e. The molecule has 3 aromatic heterocycles. The fourth-order valence-corrected chi connectivity index (χ4v) is 2.27. The Morgan fingerprint density at radius 3 is 2.78 bits per heavy atom. The summed E-state index contributed by atoms with van der Waals surface area (Å²) < 4.78 is 5.23. The van der Waals surface area contributed by atoms with Gasteiger partial charge in [-0.05, 0) is 31.0 Å². The van der Waals surface area contributed by atoms with Crippen molar-refractivity contribution in [1.29, 1.82) is 0 Å². The molecule has 0 spiro atoms. The number of nitrogen functional groups attached to an aromatic ring is 1. The third-order valence-corrected chi connectivity index (χ3v) is 3.52. The van der Waals surface area contributed by atoms with Crippen molar-refractivity contribution in [1.82, 2.24) is 15.1 Å². The standard InChI is InChI=1S/C16H17N5O2/c1-8(2)12-6-11(14-9(3)21-23-16(14)20-12)15(22)19-10-4-5-13(17)18-7-10/h4-8H,1-3H3,(H2,17,18)(H,19,22). The number of amides is 1. The minimum Gasteiger partial charge on any atom is -0.384 e. The molecule has 0 unspecified atom stereocenters. The molecule has 3 N–H and O–H groups in total. The number of nitrogens with one attached hydrogen (secondary N) is 1. The molecular formula is C16H17N5O2. The van der Waals surface area contributed by atoms with Crippen molar-refractivity contribution >= 4 is 28.5 Å². The minimum atomic E-state index is -0.267. The van der Waals surface area contributed by atoms with Gasteiger partial charge in [-0.15, -0.1) is 0 Å². The zero-order valence-electron chi connectivity index (χ0n) is 13.1. The number of hydrogen-bond acceptors (Lipinski definition) is 6. The lowest BCUT2D eigenvalue weighted by molar-refractivity contribution is 0.102. The van der Waals surface area contributed by atoms with Crippen LogP contribution in [0.4, 0.5) is 11.5 Å². The van der Waals surface area contributed by atoms with Crippen molar-refractivity contribution in [3.8, 4) is 0 Å². The number of rotatable bonds is 3. The van der Waals surface area contributed by atoms with Crippen LogP contribution >= 0.6 is 0 Å². The summed E-state index contributed by atoms with van der Waals surface area (Å²) in [7, 11) is 0. The molecule has 0 aliphatic rings. The Hall–Kier alpha value is -2.96. The number of pyridine rings is 2. The van der Waals surface area contributed by atoms with Crippen LogP contribution in [0.2, 0.25) is 0 Å². The van der Waals surface area contributed by atoms with Crippen molar-refractivity contribution in [2.45, 2.75) is 26.7 Å². The van der Waals surface area contributed by atoms with Gasteiger partial charge in [-0.25, -0.2) is 9.97 Å². The van der Waals surface area contributed by atoms with Gasteiger partial charge in [0.25, 0.3) is 11.6 Å². The number of nitrogens with two attached hydrogens (primary N) is 1. The fourth-order valence-electron chi connectivity index (χ4n) is 2.27. The summed E-state index contributed by atoms with van der Waals surface area (Å²) in [4.78, 5) is 21.1. The van der Waals surface area contributed by atoms with Gasteiger partial charge in [0, 0.05) is 5.69 Å². The predicted molar refractivity (Wildman–Crippen MR) is 87.2 cm³/mol. The van der Waals surface area contributed by atoms with Crippen molar-refractivity contribution in [2.24, 2.45) is 0 Å². The minimum absolute atomic E-state index is 0.162. The SMILES string of the molecule is Cc1noc2nc(C(C)C)cc(C(=O)Nc3ccc(N)nc3)c12. The topological polar surface area (TPSA) is 107 Å². The van der Waals surface area contributed by atoms with E-state index in [1.807, 2.05) is 13.8 Å². The number of anilines is 2. The molecule has 118 valence electrons. The summed E-state index contributed by atoms with van der Waals surface area (Å²) >= 11 is 0. The molecule has 7 heteroatoms. The molecule has 3 aromatic rings. The third kappa shape index (κ3) is 2.85. The number of aryl methyl sites for hydroxylation is 1. The lowest BCUT2D eigenvalue weighted by Crippen LogP contribution is -2.14. The number of aromatic nitrogens is 3. The maximum atomic E-state index is 12.7. The molecule has 0 saturated carbocycles. The Labute approximate surface area is 132 Å². The highest BCUT2D eigenvalue weighted by atomic mass is 16.5. The van der Waals surface area contributed by atoms with E-state index in [1.54, 1.807) is 25.1 Å². The van der Waals surface area contributed by atoms with E-state index in [1.165, 1.54) is 6.20 Å². The van der Waals surface area contributed by atoms with Gasteiger partial charge in [-0.2, -0.15) is 0 Å². The van der Waals surface area contributed by atoms with Gasteiger partial charge in [0.1, 0.15) is 5.82 Å². The molecule has 0 aliphatic heterocycles. The van der Waals surface area contributed by atoms with Crippen LogP contribution in [0, 0.1) is 6.92 Å². The molecule has 0 radical (unpaired) electrons. The zero-order valence-corrected chi connectivity index (χ0v) is 13.1. The summed E-state index contributed by atoms with van der Waals surface area (Å²) in [6, 6.07) is 5.10. The molecule has 3 rings (SSSR count). The first-order valence-electron chi connectivity index (χ1n) is 7.25. The summed E-state index contributed by atoms with van der Waals surface area (Å²) in [5, 5.41) is 7.34. The number of carbonyl (C=O) groups is 1. The van der Waals surface area contributed by atoms with E-state index < -0.39 is 0 Å². The van der Waals surface area contributed by atoms with Crippen LogP contribution in [0.1, 0.15) is 41.5 Å². The van der Waals surface area contributed by atoms with Crippen LogP contribution in [0.25, 0.3) is 11.1 Å². The van der Waals surface area contributed by atoms with E-state index in [0.717, 1.165) is 5.69 Å². The van der Waals surface area contributed by atoms with Crippen LogP contribution in [0.5, 0.6) is 0 Å². The second kappa shape index (κ2) is 5.68. The van der Waals surface area contributed by atoms with Crippen molar-refractivity contribution in [2.75, 3.05) is 11.1 Å². The molecule has 0 saturated heterocycles. The Balaban J connectivity index is 2.04. The van der Waals surface area contributed by atoms with Crippen LogP contribution in [0.3, 0.4) is 0 Å². The Bertz CT molecular complexity index is 868. The number of nitrogens with zero attached hydrogens (tertiary/aromatic N) is 3. The molecule has 0 fully saturated rings. The Kier molecular flexibility index (Phi) is 3.69. The number of hydrogen-bond donors (Lipinski definition) is 2. The highest BCUT2D eigenvalue weighted by Gasteiger charge is 2.19. The van der Waals surface area contributed by atoms with Gasteiger partial charge < -0.3 is 15.6 Å². The van der Waals surface area contributed by atoms with Crippen molar-refractivity contribution in [3.05, 3.63) is 41.3 Å². The quantitative estimate of drug-likeness (QED) is 0.770. The maximum absolute atomic E-state index is 12.7. The molecular weight excluding hydrogens is 294 g/mol. The van der Waals surface area contributed by atoms with E-state index in [-0.39, 0.29) is 11.8 Å². The molecule has 3 heterocycles. The van der Waals surface area contributed by atoms with Crippen molar-refractivity contribution < 1.29 is 9.32 Å². The van der Waals surface area contributed by atoms with Gasteiger partial charge in [-0.1, -0.05) is 19.0 Å². The molecule has 0 aromatic carbocycles. The van der Waals surface area contributed by atoms with Crippen LogP contribution in [-0.4, -0.2) is 21.0 Å². The highest BCUT2D eigenvalue weighted by Crippen LogP contribution is 2.25. The smallest absolute Gasteiger partial charge is 0.259 e. The first-order chi connectivity index (χ1) is 11.0. The van der Waals surface area contributed by atoms with Crippen LogP contribution in [0.15, 0.2) is 28.9 Å². The molecule has 23 heavy (non-hydrogen) atoms. The van der Waals surface area contributed by atoms with E-state index in [9.17, 15) is 4.79 Å². The summed E-state index contributed by atoms with van der Waals surface area (Å²) in [6.45, 7) is 5.79. The van der Waals surface area contributed by atoms with Gasteiger partial charge in [0.05, 0.1) is 28.5 Å². The van der Waals surface area contributed by atoms with Gasteiger partial charge >= 0.3 is 0 Å². The van der Waals surface area contributed by atoms with E-state index >= 15 is 0 Å². The van der Waals surface area contributed by atoms with E-state index in [4.69, 9.17) is 10.3 Å². The highest BCUT2D eigenvalue weighted by molar-refractivity contribution is 6.12. The third-order valence-electron chi connectivity index (χ3n) is 3.52. The normalized spacial score (nSPS) is 11.1. The Morgan fingerprint density at radius 2 is 2.13 bits per heavy atom. The summed E-state index contributed by atoms with van der Waals surface area (Å²) in [5.41, 5.74) is 8.36. The average Bonchev–Trinajstić information content (AvgIpc) is 2.90. The van der Waals surface area contributed by atoms with Gasteiger partial charge in [0.15, 0.2) is 0 Å². The van der Waals surface area contributed by atoms with Crippen molar-refractivity contribution in [3.63, 3.8) is 0 Å². The van der Waals surface area contributed by atoms with E-state index in [2.05, 4.69) is 20.4 Å². The average molecular weight is 311 g/mol.